The zero-order valence-electron chi connectivity index (χ0n) is 12.7. The van der Waals surface area contributed by atoms with Crippen molar-refractivity contribution in [1.29, 1.82) is 0 Å². The maximum absolute atomic E-state index is 5.72. The minimum Gasteiger partial charge on any atom is -0.497 e. The van der Waals surface area contributed by atoms with Crippen LogP contribution in [0, 0.1) is 0 Å². The average Bonchev–Trinajstić information content (AvgIpc) is 3.00. The standard InChI is InChI=1S/C17H27NO2/c1-19-16-8-10-17(11-9-16)20-15-7-3-2-4-12-18-13-5-6-14-18/h8-11H,2-7,12-15H2,1H3/p+1. The van der Waals surface area contributed by atoms with Gasteiger partial charge in [-0.2, -0.15) is 0 Å². The molecule has 1 fully saturated rings. The summed E-state index contributed by atoms with van der Waals surface area (Å²) in [7, 11) is 1.68. The highest BCUT2D eigenvalue weighted by molar-refractivity contribution is 5.31. The Kier molecular flexibility index (Phi) is 6.72. The Bertz CT molecular complexity index is 358. The summed E-state index contributed by atoms with van der Waals surface area (Å²) in [5.41, 5.74) is 0. The second-order valence-electron chi connectivity index (χ2n) is 5.65. The number of rotatable bonds is 9. The van der Waals surface area contributed by atoms with E-state index in [1.807, 2.05) is 29.2 Å². The number of hydrogen-bond acceptors (Lipinski definition) is 2. The van der Waals surface area contributed by atoms with Gasteiger partial charge in [0.15, 0.2) is 0 Å². The van der Waals surface area contributed by atoms with Crippen molar-refractivity contribution in [2.75, 3.05) is 33.4 Å². The van der Waals surface area contributed by atoms with E-state index in [9.17, 15) is 0 Å². The zero-order valence-corrected chi connectivity index (χ0v) is 12.7. The van der Waals surface area contributed by atoms with E-state index in [4.69, 9.17) is 9.47 Å². The van der Waals surface area contributed by atoms with Crippen LogP contribution in [0.1, 0.15) is 38.5 Å². The van der Waals surface area contributed by atoms with Crippen LogP contribution in [0.25, 0.3) is 0 Å². The first-order chi connectivity index (χ1) is 9.88. The number of nitrogens with one attached hydrogen (secondary N) is 1. The third-order valence-electron chi connectivity index (χ3n) is 4.06. The largest absolute Gasteiger partial charge is 0.497 e. The molecule has 3 heteroatoms. The molecule has 0 aliphatic carbocycles. The highest BCUT2D eigenvalue weighted by Crippen LogP contribution is 2.17. The van der Waals surface area contributed by atoms with Crippen LogP contribution in [0.4, 0.5) is 0 Å². The van der Waals surface area contributed by atoms with Gasteiger partial charge in [0, 0.05) is 12.8 Å². The smallest absolute Gasteiger partial charge is 0.119 e. The molecule has 0 amide bonds. The second kappa shape index (κ2) is 8.85. The molecule has 1 aliphatic rings. The van der Waals surface area contributed by atoms with Gasteiger partial charge < -0.3 is 14.4 Å². The minimum absolute atomic E-state index is 0.822. The van der Waals surface area contributed by atoms with E-state index in [2.05, 4.69) is 0 Å². The summed E-state index contributed by atoms with van der Waals surface area (Å²) < 4.78 is 10.8. The van der Waals surface area contributed by atoms with Gasteiger partial charge in [0.1, 0.15) is 11.5 Å². The van der Waals surface area contributed by atoms with Crippen LogP contribution >= 0.6 is 0 Å². The minimum atomic E-state index is 0.822. The first-order valence-electron chi connectivity index (χ1n) is 7.99. The van der Waals surface area contributed by atoms with Gasteiger partial charge in [-0.05, 0) is 49.9 Å². The van der Waals surface area contributed by atoms with E-state index in [0.29, 0.717) is 0 Å². The van der Waals surface area contributed by atoms with E-state index in [1.165, 1.54) is 51.7 Å². The number of methoxy groups -OCH3 is 1. The number of likely N-dealkylation sites (tertiary alicyclic amines) is 1. The fraction of sp³-hybridized carbons (Fsp3) is 0.647. The normalized spacial score (nSPS) is 15.4. The van der Waals surface area contributed by atoms with Gasteiger partial charge >= 0.3 is 0 Å². The molecule has 0 saturated carbocycles. The molecule has 1 saturated heterocycles. The summed E-state index contributed by atoms with van der Waals surface area (Å²) in [6.07, 6.45) is 8.02. The summed E-state index contributed by atoms with van der Waals surface area (Å²) >= 11 is 0. The summed E-state index contributed by atoms with van der Waals surface area (Å²) in [5, 5.41) is 0. The molecule has 0 bridgehead atoms. The Morgan fingerprint density at radius 3 is 2.25 bits per heavy atom. The summed E-state index contributed by atoms with van der Waals surface area (Å²) in [6.45, 7) is 5.00. The summed E-state index contributed by atoms with van der Waals surface area (Å²) in [6, 6.07) is 7.81. The molecule has 20 heavy (non-hydrogen) atoms. The Morgan fingerprint density at radius 1 is 0.900 bits per heavy atom. The summed E-state index contributed by atoms with van der Waals surface area (Å²) in [5.74, 6) is 1.81. The molecule has 0 spiro atoms. The molecule has 2 rings (SSSR count). The van der Waals surface area contributed by atoms with Crippen molar-refractivity contribution in [2.45, 2.75) is 38.5 Å². The fourth-order valence-corrected chi connectivity index (χ4v) is 2.82. The van der Waals surface area contributed by atoms with Crippen LogP contribution in [-0.4, -0.2) is 33.4 Å². The monoisotopic (exact) mass is 278 g/mol. The topological polar surface area (TPSA) is 22.9 Å². The molecule has 0 unspecified atom stereocenters. The van der Waals surface area contributed by atoms with Crippen LogP contribution < -0.4 is 14.4 Å². The third kappa shape index (κ3) is 5.41. The Hall–Kier alpha value is -1.22. The Labute approximate surface area is 122 Å². The fourth-order valence-electron chi connectivity index (χ4n) is 2.82. The van der Waals surface area contributed by atoms with Crippen LogP contribution in [0.3, 0.4) is 0 Å². The van der Waals surface area contributed by atoms with Gasteiger partial charge in [0.05, 0.1) is 33.4 Å². The van der Waals surface area contributed by atoms with E-state index >= 15 is 0 Å². The maximum Gasteiger partial charge on any atom is 0.119 e. The average molecular weight is 278 g/mol. The molecule has 3 nitrogen and oxygen atoms in total. The highest BCUT2D eigenvalue weighted by Gasteiger charge is 2.13. The molecule has 1 aliphatic heterocycles. The first kappa shape index (κ1) is 15.2. The highest BCUT2D eigenvalue weighted by atomic mass is 16.5. The Balaban J connectivity index is 1.46. The van der Waals surface area contributed by atoms with Crippen molar-refractivity contribution in [3.8, 4) is 11.5 Å². The number of benzene rings is 1. The Morgan fingerprint density at radius 2 is 1.55 bits per heavy atom. The van der Waals surface area contributed by atoms with Crippen molar-refractivity contribution < 1.29 is 14.4 Å². The molecule has 0 radical (unpaired) electrons. The second-order valence-corrected chi connectivity index (χ2v) is 5.65. The lowest BCUT2D eigenvalue weighted by Crippen LogP contribution is -3.09. The van der Waals surface area contributed by atoms with Gasteiger partial charge in [-0.3, -0.25) is 0 Å². The van der Waals surface area contributed by atoms with E-state index in [-0.39, 0.29) is 0 Å². The van der Waals surface area contributed by atoms with E-state index in [1.54, 1.807) is 7.11 Å². The van der Waals surface area contributed by atoms with Gasteiger partial charge in [0.25, 0.3) is 0 Å². The van der Waals surface area contributed by atoms with Gasteiger partial charge in [-0.25, -0.2) is 0 Å². The number of unbranched alkanes of at least 4 members (excludes halogenated alkanes) is 3. The van der Waals surface area contributed by atoms with Gasteiger partial charge in [-0.15, -0.1) is 0 Å². The van der Waals surface area contributed by atoms with Gasteiger partial charge in [-0.1, -0.05) is 0 Å². The quantitative estimate of drug-likeness (QED) is 0.701. The lowest BCUT2D eigenvalue weighted by atomic mass is 10.2. The molecule has 0 atom stereocenters. The summed E-state index contributed by atoms with van der Waals surface area (Å²) in [4.78, 5) is 1.82. The molecule has 0 aromatic heterocycles. The molecule has 1 heterocycles. The van der Waals surface area contributed by atoms with Crippen molar-refractivity contribution in [2.24, 2.45) is 0 Å². The van der Waals surface area contributed by atoms with E-state index < -0.39 is 0 Å². The molecule has 1 aromatic carbocycles. The SMILES string of the molecule is COc1ccc(OCCCCCC[NH+]2CCCC2)cc1. The molecule has 112 valence electrons. The molecule has 1 aromatic rings. The predicted molar refractivity (Wildman–Crippen MR) is 81.8 cm³/mol. The predicted octanol–water partition coefficient (Wildman–Crippen LogP) is 2.31. The zero-order chi connectivity index (χ0) is 14.0. The van der Waals surface area contributed by atoms with Crippen LogP contribution in [0.5, 0.6) is 11.5 Å². The molecular weight excluding hydrogens is 250 g/mol. The number of ether oxygens (including phenoxy) is 2. The molecular formula is C17H28NO2+. The van der Waals surface area contributed by atoms with Crippen LogP contribution in [0.2, 0.25) is 0 Å². The maximum atomic E-state index is 5.72. The van der Waals surface area contributed by atoms with Gasteiger partial charge in [0.2, 0.25) is 0 Å². The van der Waals surface area contributed by atoms with Crippen LogP contribution in [0.15, 0.2) is 24.3 Å². The van der Waals surface area contributed by atoms with Crippen molar-refractivity contribution in [3.05, 3.63) is 24.3 Å². The van der Waals surface area contributed by atoms with E-state index in [0.717, 1.165) is 24.5 Å². The molecule has 1 N–H and O–H groups in total. The number of hydrogen-bond donors (Lipinski definition) is 1. The first-order valence-corrected chi connectivity index (χ1v) is 7.99. The van der Waals surface area contributed by atoms with Crippen molar-refractivity contribution >= 4 is 0 Å². The third-order valence-corrected chi connectivity index (χ3v) is 4.06. The lowest BCUT2D eigenvalue weighted by molar-refractivity contribution is -0.887. The number of quaternary nitrogens is 1. The lowest BCUT2D eigenvalue weighted by Gasteiger charge is -2.11. The van der Waals surface area contributed by atoms with Crippen LogP contribution in [-0.2, 0) is 0 Å². The van der Waals surface area contributed by atoms with Crippen molar-refractivity contribution in [1.82, 2.24) is 0 Å². The van der Waals surface area contributed by atoms with Crippen molar-refractivity contribution in [3.63, 3.8) is 0 Å².